The first-order valence-corrected chi connectivity index (χ1v) is 6.92. The number of nitrogens with one attached hydrogen (secondary N) is 1. The van der Waals surface area contributed by atoms with Crippen LogP contribution in [0.25, 0.3) is 0 Å². The minimum absolute atomic E-state index is 0.110. The summed E-state index contributed by atoms with van der Waals surface area (Å²) in [5, 5.41) is 11.4. The zero-order valence-corrected chi connectivity index (χ0v) is 11.4. The van der Waals surface area contributed by atoms with Crippen LogP contribution in [0.1, 0.15) is 19.8 Å². The second kappa shape index (κ2) is 7.78. The summed E-state index contributed by atoms with van der Waals surface area (Å²) < 4.78 is 12.7. The molecule has 0 saturated heterocycles. The number of carbonyl (C=O) groups excluding carboxylic acids is 1. The number of hydrogen-bond acceptors (Lipinski definition) is 3. The van der Waals surface area contributed by atoms with Crippen LogP contribution in [0.15, 0.2) is 29.2 Å². The van der Waals surface area contributed by atoms with Gasteiger partial charge in [0.25, 0.3) is 0 Å². The van der Waals surface area contributed by atoms with Gasteiger partial charge in [-0.25, -0.2) is 9.18 Å². The lowest BCUT2D eigenvalue weighted by molar-refractivity contribution is -0.141. The smallest absolute Gasteiger partial charge is 0.326 e. The molecule has 0 bridgehead atoms. The van der Waals surface area contributed by atoms with Gasteiger partial charge in [0.05, 0.1) is 5.75 Å². The summed E-state index contributed by atoms with van der Waals surface area (Å²) in [6.45, 7) is 1.86. The Bertz CT molecular complexity index is 436. The summed E-state index contributed by atoms with van der Waals surface area (Å²) >= 11 is 1.24. The molecule has 0 saturated carbocycles. The van der Waals surface area contributed by atoms with Crippen LogP contribution in [0.5, 0.6) is 0 Å². The van der Waals surface area contributed by atoms with E-state index in [1.165, 1.54) is 23.9 Å². The van der Waals surface area contributed by atoms with Crippen molar-refractivity contribution < 1.29 is 19.1 Å². The maximum atomic E-state index is 12.7. The molecule has 1 atom stereocenters. The molecule has 0 fully saturated rings. The van der Waals surface area contributed by atoms with Crippen molar-refractivity contribution in [2.75, 3.05) is 5.75 Å². The highest BCUT2D eigenvalue weighted by Crippen LogP contribution is 2.17. The zero-order chi connectivity index (χ0) is 14.3. The summed E-state index contributed by atoms with van der Waals surface area (Å²) in [6.07, 6.45) is 1.09. The van der Waals surface area contributed by atoms with E-state index in [0.29, 0.717) is 12.8 Å². The average molecular weight is 285 g/mol. The number of carboxylic acids is 1. The molecular weight excluding hydrogens is 269 g/mol. The number of carbonyl (C=O) groups is 2. The third-order valence-corrected chi connectivity index (χ3v) is 3.41. The lowest BCUT2D eigenvalue weighted by atomic mass is 10.2. The van der Waals surface area contributed by atoms with Gasteiger partial charge in [0.2, 0.25) is 5.91 Å². The molecule has 0 spiro atoms. The summed E-state index contributed by atoms with van der Waals surface area (Å²) in [5.74, 6) is -1.58. The van der Waals surface area contributed by atoms with Crippen molar-refractivity contribution in [3.8, 4) is 0 Å². The SMILES string of the molecule is CCCC(NC(=O)CSc1ccc(F)cc1)C(=O)O. The minimum atomic E-state index is -1.03. The van der Waals surface area contributed by atoms with E-state index in [4.69, 9.17) is 5.11 Å². The van der Waals surface area contributed by atoms with Gasteiger partial charge in [0, 0.05) is 4.90 Å². The van der Waals surface area contributed by atoms with Crippen LogP contribution in [0.3, 0.4) is 0 Å². The first-order chi connectivity index (χ1) is 9.02. The van der Waals surface area contributed by atoms with Gasteiger partial charge in [-0.3, -0.25) is 4.79 Å². The van der Waals surface area contributed by atoms with Gasteiger partial charge in [0.1, 0.15) is 11.9 Å². The molecule has 0 aliphatic carbocycles. The van der Waals surface area contributed by atoms with E-state index in [9.17, 15) is 14.0 Å². The Morgan fingerprint density at radius 1 is 1.37 bits per heavy atom. The number of halogens is 1. The fourth-order valence-corrected chi connectivity index (χ4v) is 2.17. The van der Waals surface area contributed by atoms with Crippen LogP contribution in [0.2, 0.25) is 0 Å². The summed E-state index contributed by atoms with van der Waals surface area (Å²) in [7, 11) is 0. The Balaban J connectivity index is 2.42. The Hall–Kier alpha value is -1.56. The van der Waals surface area contributed by atoms with E-state index in [-0.39, 0.29) is 17.5 Å². The minimum Gasteiger partial charge on any atom is -0.480 e. The van der Waals surface area contributed by atoms with Crippen LogP contribution >= 0.6 is 11.8 Å². The quantitative estimate of drug-likeness (QED) is 0.754. The Morgan fingerprint density at radius 2 is 2.00 bits per heavy atom. The average Bonchev–Trinajstić information content (AvgIpc) is 2.37. The molecule has 0 aliphatic heterocycles. The molecule has 0 heterocycles. The highest BCUT2D eigenvalue weighted by atomic mass is 32.2. The van der Waals surface area contributed by atoms with Crippen molar-refractivity contribution in [3.05, 3.63) is 30.1 Å². The molecule has 0 aliphatic rings. The molecule has 1 unspecified atom stereocenters. The molecule has 0 radical (unpaired) electrons. The van der Waals surface area contributed by atoms with Crippen LogP contribution < -0.4 is 5.32 Å². The molecule has 1 aromatic rings. The third-order valence-electron chi connectivity index (χ3n) is 2.39. The standard InChI is InChI=1S/C13H16FNO3S/c1-2-3-11(13(17)18)15-12(16)8-19-10-6-4-9(14)5-7-10/h4-7,11H,2-3,8H2,1H3,(H,15,16)(H,17,18). The summed E-state index contributed by atoms with van der Waals surface area (Å²) in [5.41, 5.74) is 0. The molecule has 1 aromatic carbocycles. The largest absolute Gasteiger partial charge is 0.480 e. The molecule has 104 valence electrons. The number of thioether (sulfide) groups is 1. The first kappa shape index (κ1) is 15.5. The molecule has 19 heavy (non-hydrogen) atoms. The number of aliphatic carboxylic acids is 1. The molecule has 4 nitrogen and oxygen atoms in total. The third kappa shape index (κ3) is 5.74. The van der Waals surface area contributed by atoms with Gasteiger partial charge in [-0.2, -0.15) is 0 Å². The van der Waals surface area contributed by atoms with E-state index in [1.807, 2.05) is 6.92 Å². The van der Waals surface area contributed by atoms with Gasteiger partial charge in [0.15, 0.2) is 0 Å². The topological polar surface area (TPSA) is 66.4 Å². The van der Waals surface area contributed by atoms with E-state index in [0.717, 1.165) is 4.90 Å². The molecular formula is C13H16FNO3S. The maximum Gasteiger partial charge on any atom is 0.326 e. The molecule has 0 aromatic heterocycles. The second-order valence-electron chi connectivity index (χ2n) is 3.99. The van der Waals surface area contributed by atoms with Gasteiger partial charge in [-0.05, 0) is 30.7 Å². The van der Waals surface area contributed by atoms with Gasteiger partial charge >= 0.3 is 5.97 Å². The van der Waals surface area contributed by atoms with Gasteiger partial charge in [-0.15, -0.1) is 11.8 Å². The van der Waals surface area contributed by atoms with Crippen molar-refractivity contribution in [1.82, 2.24) is 5.32 Å². The highest BCUT2D eigenvalue weighted by Gasteiger charge is 2.18. The van der Waals surface area contributed by atoms with Crippen molar-refractivity contribution in [3.63, 3.8) is 0 Å². The molecule has 2 N–H and O–H groups in total. The predicted molar refractivity (Wildman–Crippen MR) is 71.6 cm³/mol. The van der Waals surface area contributed by atoms with Crippen molar-refractivity contribution in [2.24, 2.45) is 0 Å². The Kier molecular flexibility index (Phi) is 6.35. The Labute approximate surface area is 115 Å². The fraction of sp³-hybridized carbons (Fsp3) is 0.385. The number of hydrogen-bond donors (Lipinski definition) is 2. The molecule has 1 rings (SSSR count). The first-order valence-electron chi connectivity index (χ1n) is 5.93. The van der Waals surface area contributed by atoms with Gasteiger partial charge < -0.3 is 10.4 Å². The fourth-order valence-electron chi connectivity index (χ4n) is 1.46. The number of benzene rings is 1. The molecule has 6 heteroatoms. The van der Waals surface area contributed by atoms with Crippen LogP contribution in [0, 0.1) is 5.82 Å². The normalized spacial score (nSPS) is 11.9. The number of carboxylic acid groups (broad SMARTS) is 1. The lowest BCUT2D eigenvalue weighted by Crippen LogP contribution is -2.41. The van der Waals surface area contributed by atoms with Crippen LogP contribution in [0.4, 0.5) is 4.39 Å². The molecule has 1 amide bonds. The van der Waals surface area contributed by atoms with Crippen molar-refractivity contribution >= 4 is 23.6 Å². The van der Waals surface area contributed by atoms with E-state index in [1.54, 1.807) is 12.1 Å². The van der Waals surface area contributed by atoms with Crippen LogP contribution in [-0.2, 0) is 9.59 Å². The van der Waals surface area contributed by atoms with Gasteiger partial charge in [-0.1, -0.05) is 13.3 Å². The number of amides is 1. The monoisotopic (exact) mass is 285 g/mol. The predicted octanol–water partition coefficient (Wildman–Crippen LogP) is 2.29. The highest BCUT2D eigenvalue weighted by molar-refractivity contribution is 8.00. The van der Waals surface area contributed by atoms with E-state index >= 15 is 0 Å². The summed E-state index contributed by atoms with van der Waals surface area (Å²) in [6, 6.07) is 4.95. The number of rotatable bonds is 7. The van der Waals surface area contributed by atoms with Crippen LogP contribution in [-0.4, -0.2) is 28.8 Å². The van der Waals surface area contributed by atoms with Crippen molar-refractivity contribution in [2.45, 2.75) is 30.7 Å². The Morgan fingerprint density at radius 3 is 2.53 bits per heavy atom. The lowest BCUT2D eigenvalue weighted by Gasteiger charge is -2.13. The second-order valence-corrected chi connectivity index (χ2v) is 5.04. The maximum absolute atomic E-state index is 12.7. The van der Waals surface area contributed by atoms with E-state index < -0.39 is 12.0 Å². The zero-order valence-electron chi connectivity index (χ0n) is 10.6. The summed E-state index contributed by atoms with van der Waals surface area (Å²) in [4.78, 5) is 23.2. The van der Waals surface area contributed by atoms with E-state index in [2.05, 4.69) is 5.32 Å². The van der Waals surface area contributed by atoms with Crippen molar-refractivity contribution in [1.29, 1.82) is 0 Å².